The highest BCUT2D eigenvalue weighted by atomic mass is 127. The smallest absolute Gasteiger partial charge is 0.0286 e. The molecular formula is C6H11I. The van der Waals surface area contributed by atoms with Crippen LogP contribution in [-0.2, 0) is 0 Å². The van der Waals surface area contributed by atoms with Crippen LogP contribution in [0, 0.1) is 0 Å². The van der Waals surface area contributed by atoms with Gasteiger partial charge in [0.2, 0.25) is 0 Å². The molecule has 1 atom stereocenters. The molecule has 0 saturated carbocycles. The number of hydrogen-bond donors (Lipinski definition) is 0. The zero-order chi connectivity index (χ0) is 5.70. The van der Waals surface area contributed by atoms with Crippen LogP contribution in [0.4, 0.5) is 0 Å². The van der Waals surface area contributed by atoms with Crippen LogP contribution in [-0.4, -0.2) is 3.92 Å². The van der Waals surface area contributed by atoms with E-state index in [4.69, 9.17) is 0 Å². The minimum atomic E-state index is 0.683. The summed E-state index contributed by atoms with van der Waals surface area (Å²) in [5.41, 5.74) is 0. The fraction of sp³-hybridized carbons (Fsp3) is 0.667. The van der Waals surface area contributed by atoms with Crippen LogP contribution >= 0.6 is 22.6 Å². The van der Waals surface area contributed by atoms with Gasteiger partial charge in [-0.05, 0) is 6.42 Å². The molecule has 0 saturated heterocycles. The summed E-state index contributed by atoms with van der Waals surface area (Å²) in [5.74, 6) is 0. The van der Waals surface area contributed by atoms with Gasteiger partial charge in [-0.15, -0.1) is 6.58 Å². The summed E-state index contributed by atoms with van der Waals surface area (Å²) in [4.78, 5) is 0. The van der Waals surface area contributed by atoms with Gasteiger partial charge in [0.05, 0.1) is 0 Å². The molecule has 0 aromatic heterocycles. The van der Waals surface area contributed by atoms with Crippen molar-refractivity contribution in [1.82, 2.24) is 0 Å². The van der Waals surface area contributed by atoms with Crippen molar-refractivity contribution in [2.75, 3.05) is 0 Å². The minimum Gasteiger partial charge on any atom is -0.102 e. The van der Waals surface area contributed by atoms with Crippen molar-refractivity contribution in [2.24, 2.45) is 0 Å². The molecule has 0 amide bonds. The molecule has 0 spiro atoms. The molecule has 0 aliphatic heterocycles. The second kappa shape index (κ2) is 4.62. The number of alkyl halides is 1. The molecule has 0 aromatic rings. The van der Waals surface area contributed by atoms with Gasteiger partial charge in [-0.2, -0.15) is 0 Å². The van der Waals surface area contributed by atoms with Crippen LogP contribution in [0.5, 0.6) is 0 Å². The summed E-state index contributed by atoms with van der Waals surface area (Å²) in [6.45, 7) is 5.86. The van der Waals surface area contributed by atoms with Crippen molar-refractivity contribution >= 4 is 22.6 Å². The Kier molecular flexibility index (Phi) is 4.94. The molecule has 7 heavy (non-hydrogen) atoms. The van der Waals surface area contributed by atoms with E-state index in [1.807, 2.05) is 6.08 Å². The maximum absolute atomic E-state index is 3.67. The van der Waals surface area contributed by atoms with Crippen LogP contribution < -0.4 is 0 Å². The number of rotatable bonds is 3. The van der Waals surface area contributed by atoms with Gasteiger partial charge in [-0.1, -0.05) is 42.0 Å². The van der Waals surface area contributed by atoms with Crippen molar-refractivity contribution in [3.8, 4) is 0 Å². The predicted molar refractivity (Wildman–Crippen MR) is 42.9 cm³/mol. The Labute approximate surface area is 59.1 Å². The van der Waals surface area contributed by atoms with Gasteiger partial charge in [0, 0.05) is 3.92 Å². The quantitative estimate of drug-likeness (QED) is 0.381. The Morgan fingerprint density at radius 3 is 2.57 bits per heavy atom. The van der Waals surface area contributed by atoms with E-state index in [9.17, 15) is 0 Å². The first-order chi connectivity index (χ1) is 3.31. The number of allylic oxidation sites excluding steroid dienone is 1. The molecule has 0 aliphatic carbocycles. The highest BCUT2D eigenvalue weighted by Gasteiger charge is 1.91. The average molecular weight is 210 g/mol. The molecule has 0 heterocycles. The van der Waals surface area contributed by atoms with Crippen molar-refractivity contribution in [1.29, 1.82) is 0 Å². The first-order valence-electron chi connectivity index (χ1n) is 2.58. The summed E-state index contributed by atoms with van der Waals surface area (Å²) in [7, 11) is 0. The fourth-order valence-corrected chi connectivity index (χ4v) is 1.02. The van der Waals surface area contributed by atoms with E-state index in [-0.39, 0.29) is 0 Å². The third-order valence-electron chi connectivity index (χ3n) is 0.820. The monoisotopic (exact) mass is 210 g/mol. The van der Waals surface area contributed by atoms with Gasteiger partial charge >= 0.3 is 0 Å². The molecule has 0 aromatic carbocycles. The largest absolute Gasteiger partial charge is 0.102 e. The molecule has 0 N–H and O–H groups in total. The van der Waals surface area contributed by atoms with E-state index < -0.39 is 0 Å². The topological polar surface area (TPSA) is 0 Å². The summed E-state index contributed by atoms with van der Waals surface area (Å²) in [6.07, 6.45) is 4.52. The highest BCUT2D eigenvalue weighted by Crippen LogP contribution is 2.07. The lowest BCUT2D eigenvalue weighted by Gasteiger charge is -1.96. The second-order valence-corrected chi connectivity index (χ2v) is 3.14. The lowest BCUT2D eigenvalue weighted by Crippen LogP contribution is -1.87. The van der Waals surface area contributed by atoms with E-state index in [0.717, 1.165) is 0 Å². The third kappa shape index (κ3) is 4.32. The van der Waals surface area contributed by atoms with Crippen molar-refractivity contribution in [3.63, 3.8) is 0 Å². The normalized spacial score (nSPS) is 13.4. The lowest BCUT2D eigenvalue weighted by atomic mass is 10.2. The zero-order valence-corrected chi connectivity index (χ0v) is 6.81. The maximum atomic E-state index is 3.67. The summed E-state index contributed by atoms with van der Waals surface area (Å²) >= 11 is 2.39. The molecular weight excluding hydrogens is 199 g/mol. The Morgan fingerprint density at radius 1 is 1.86 bits per heavy atom. The number of halogens is 1. The molecule has 0 aliphatic rings. The van der Waals surface area contributed by atoms with Gasteiger partial charge in [-0.25, -0.2) is 0 Å². The van der Waals surface area contributed by atoms with Crippen LogP contribution in [0.3, 0.4) is 0 Å². The van der Waals surface area contributed by atoms with Gasteiger partial charge in [0.15, 0.2) is 0 Å². The third-order valence-corrected chi connectivity index (χ3v) is 1.95. The molecule has 42 valence electrons. The predicted octanol–water partition coefficient (Wildman–Crippen LogP) is 2.78. The van der Waals surface area contributed by atoms with E-state index in [0.29, 0.717) is 3.92 Å². The molecule has 0 nitrogen and oxygen atoms in total. The number of hydrogen-bond acceptors (Lipinski definition) is 0. The van der Waals surface area contributed by atoms with E-state index in [2.05, 4.69) is 36.1 Å². The highest BCUT2D eigenvalue weighted by molar-refractivity contribution is 14.1. The van der Waals surface area contributed by atoms with Crippen LogP contribution in [0.2, 0.25) is 0 Å². The fourth-order valence-electron chi connectivity index (χ4n) is 0.394. The van der Waals surface area contributed by atoms with Crippen LogP contribution in [0.15, 0.2) is 12.7 Å². The standard InChI is InChI=1S/C6H11I/c1-3-5-6(7)4-2/h4,6H,2-3,5H2,1H3. The Hall–Kier alpha value is 0.470. The average Bonchev–Trinajstić information content (AvgIpc) is 1.68. The van der Waals surface area contributed by atoms with Gasteiger partial charge < -0.3 is 0 Å². The second-order valence-electron chi connectivity index (χ2n) is 1.54. The van der Waals surface area contributed by atoms with Gasteiger partial charge in [0.1, 0.15) is 0 Å². The van der Waals surface area contributed by atoms with Gasteiger partial charge in [0.25, 0.3) is 0 Å². The molecule has 0 rings (SSSR count). The Morgan fingerprint density at radius 2 is 2.43 bits per heavy atom. The van der Waals surface area contributed by atoms with E-state index >= 15 is 0 Å². The van der Waals surface area contributed by atoms with E-state index in [1.54, 1.807) is 0 Å². The van der Waals surface area contributed by atoms with Crippen LogP contribution in [0.25, 0.3) is 0 Å². The summed E-state index contributed by atoms with van der Waals surface area (Å²) in [5, 5.41) is 0. The van der Waals surface area contributed by atoms with Gasteiger partial charge in [-0.3, -0.25) is 0 Å². The summed E-state index contributed by atoms with van der Waals surface area (Å²) < 4.78 is 0.683. The Bertz CT molecular complexity index is 50.1. The van der Waals surface area contributed by atoms with Crippen LogP contribution in [0.1, 0.15) is 19.8 Å². The first kappa shape index (κ1) is 7.47. The van der Waals surface area contributed by atoms with E-state index in [1.165, 1.54) is 12.8 Å². The van der Waals surface area contributed by atoms with Crippen molar-refractivity contribution in [3.05, 3.63) is 12.7 Å². The Balaban J connectivity index is 2.98. The molecule has 0 fully saturated rings. The zero-order valence-electron chi connectivity index (χ0n) is 4.65. The SMILES string of the molecule is C=CC(I)CCC. The lowest BCUT2D eigenvalue weighted by molar-refractivity contribution is 0.845. The van der Waals surface area contributed by atoms with Crippen molar-refractivity contribution in [2.45, 2.75) is 23.7 Å². The maximum Gasteiger partial charge on any atom is 0.0286 e. The summed E-state index contributed by atoms with van der Waals surface area (Å²) in [6, 6.07) is 0. The van der Waals surface area contributed by atoms with Crippen molar-refractivity contribution < 1.29 is 0 Å². The molecule has 0 bridgehead atoms. The minimum absolute atomic E-state index is 0.683. The molecule has 1 heteroatoms. The molecule has 1 unspecified atom stereocenters. The first-order valence-corrected chi connectivity index (χ1v) is 3.82. The molecule has 0 radical (unpaired) electrons.